The van der Waals surface area contributed by atoms with Crippen LogP contribution in [0.5, 0.6) is 0 Å². The molecule has 0 radical (unpaired) electrons. The molecule has 0 amide bonds. The molecule has 0 saturated carbocycles. The molecule has 1 unspecified atom stereocenters. The lowest BCUT2D eigenvalue weighted by molar-refractivity contribution is 0.217. The summed E-state index contributed by atoms with van der Waals surface area (Å²) in [5.41, 5.74) is 7.20. The Hall–Kier alpha value is -1.21. The molecule has 20 heavy (non-hydrogen) atoms. The lowest BCUT2D eigenvalue weighted by Gasteiger charge is -2.32. The zero-order valence-electron chi connectivity index (χ0n) is 12.4. The fraction of sp³-hybridized carbons (Fsp3) is 0.615. The lowest BCUT2D eigenvalue weighted by Crippen LogP contribution is -2.34. The highest BCUT2D eigenvalue weighted by molar-refractivity contribution is 9.11. The lowest BCUT2D eigenvalue weighted by atomic mass is 10.1. The zero-order valence-corrected chi connectivity index (χ0v) is 14.0. The van der Waals surface area contributed by atoms with Crippen molar-refractivity contribution in [3.63, 3.8) is 0 Å². The molecule has 7 heteroatoms. The third kappa shape index (κ3) is 3.27. The Morgan fingerprint density at radius 2 is 2.00 bits per heavy atom. The molecule has 2 rings (SSSR count). The van der Waals surface area contributed by atoms with Crippen molar-refractivity contribution in [2.75, 3.05) is 37.8 Å². The average molecular weight is 341 g/mol. The van der Waals surface area contributed by atoms with E-state index < -0.39 is 0 Å². The van der Waals surface area contributed by atoms with E-state index in [0.29, 0.717) is 5.95 Å². The standard InChI is InChI=1S/C13H21BrN6/c1-8-5-6-20(7-10(8)14)9(2)11-16-12(15)18-13(17-11)19(3)4/h9H,5-7H2,1-4H3,(H2,15,16,17,18). The fourth-order valence-corrected chi connectivity index (χ4v) is 2.64. The van der Waals surface area contributed by atoms with E-state index >= 15 is 0 Å². The Balaban J connectivity index is 2.23. The minimum absolute atomic E-state index is 0.111. The van der Waals surface area contributed by atoms with Gasteiger partial charge in [0.2, 0.25) is 11.9 Å². The largest absolute Gasteiger partial charge is 0.368 e. The van der Waals surface area contributed by atoms with Crippen LogP contribution in [0.2, 0.25) is 0 Å². The molecule has 110 valence electrons. The average Bonchev–Trinajstić information content (AvgIpc) is 2.40. The molecular weight excluding hydrogens is 320 g/mol. The first-order valence-corrected chi connectivity index (χ1v) is 7.44. The van der Waals surface area contributed by atoms with Crippen molar-refractivity contribution in [1.82, 2.24) is 19.9 Å². The highest BCUT2D eigenvalue weighted by Gasteiger charge is 2.24. The topological polar surface area (TPSA) is 71.2 Å². The van der Waals surface area contributed by atoms with Crippen LogP contribution in [-0.2, 0) is 0 Å². The van der Waals surface area contributed by atoms with Gasteiger partial charge in [0.05, 0.1) is 6.04 Å². The molecule has 1 aliphatic rings. The van der Waals surface area contributed by atoms with Gasteiger partial charge in [0.15, 0.2) is 5.82 Å². The molecule has 1 atom stereocenters. The van der Waals surface area contributed by atoms with E-state index in [1.807, 2.05) is 19.0 Å². The summed E-state index contributed by atoms with van der Waals surface area (Å²) in [6.45, 7) is 6.16. The first-order valence-electron chi connectivity index (χ1n) is 6.65. The molecule has 0 aromatic carbocycles. The zero-order chi connectivity index (χ0) is 14.9. The summed E-state index contributed by atoms with van der Waals surface area (Å²) in [6, 6.07) is 0.111. The van der Waals surface area contributed by atoms with Gasteiger partial charge < -0.3 is 10.6 Å². The maximum atomic E-state index is 5.79. The number of rotatable bonds is 3. The van der Waals surface area contributed by atoms with E-state index in [2.05, 4.69) is 49.6 Å². The van der Waals surface area contributed by atoms with Gasteiger partial charge in [0.25, 0.3) is 0 Å². The molecule has 1 aromatic rings. The maximum Gasteiger partial charge on any atom is 0.229 e. The highest BCUT2D eigenvalue weighted by Crippen LogP contribution is 2.28. The number of hydrogen-bond acceptors (Lipinski definition) is 6. The fourth-order valence-electron chi connectivity index (χ4n) is 2.12. The molecular formula is C13H21BrN6. The van der Waals surface area contributed by atoms with Crippen LogP contribution in [0.1, 0.15) is 32.1 Å². The number of anilines is 2. The van der Waals surface area contributed by atoms with Crippen LogP contribution in [0, 0.1) is 0 Å². The first kappa shape index (κ1) is 15.2. The molecule has 1 aromatic heterocycles. The molecule has 0 spiro atoms. The van der Waals surface area contributed by atoms with E-state index in [1.165, 1.54) is 10.1 Å². The van der Waals surface area contributed by atoms with Crippen molar-refractivity contribution >= 4 is 27.8 Å². The number of hydrogen-bond donors (Lipinski definition) is 1. The van der Waals surface area contributed by atoms with Crippen molar-refractivity contribution in [3.05, 3.63) is 15.9 Å². The third-order valence-corrected chi connectivity index (χ3v) is 4.49. The molecule has 2 heterocycles. The summed E-state index contributed by atoms with van der Waals surface area (Å²) in [4.78, 5) is 17.1. The molecule has 0 fully saturated rings. The van der Waals surface area contributed by atoms with Gasteiger partial charge in [-0.15, -0.1) is 0 Å². The summed E-state index contributed by atoms with van der Waals surface area (Å²) in [6.07, 6.45) is 1.06. The van der Waals surface area contributed by atoms with Gasteiger partial charge in [-0.2, -0.15) is 15.0 Å². The first-order chi connectivity index (χ1) is 9.38. The normalized spacial score (nSPS) is 18.2. The molecule has 2 N–H and O–H groups in total. The minimum atomic E-state index is 0.111. The Labute approximate surface area is 128 Å². The molecule has 0 saturated heterocycles. The monoisotopic (exact) mass is 340 g/mol. The van der Waals surface area contributed by atoms with Gasteiger partial charge >= 0.3 is 0 Å². The molecule has 1 aliphatic heterocycles. The minimum Gasteiger partial charge on any atom is -0.368 e. The van der Waals surface area contributed by atoms with E-state index in [1.54, 1.807) is 0 Å². The van der Waals surface area contributed by atoms with E-state index in [4.69, 9.17) is 5.73 Å². The Morgan fingerprint density at radius 3 is 2.60 bits per heavy atom. The second-order valence-electron chi connectivity index (χ2n) is 5.33. The maximum absolute atomic E-state index is 5.79. The summed E-state index contributed by atoms with van der Waals surface area (Å²) in [7, 11) is 3.79. The van der Waals surface area contributed by atoms with E-state index in [9.17, 15) is 0 Å². The number of nitrogen functional groups attached to an aromatic ring is 1. The Bertz CT molecular complexity index is 528. The van der Waals surface area contributed by atoms with Crippen LogP contribution in [0.3, 0.4) is 0 Å². The van der Waals surface area contributed by atoms with Crippen LogP contribution in [-0.4, -0.2) is 47.0 Å². The van der Waals surface area contributed by atoms with Gasteiger partial charge in [0, 0.05) is 31.7 Å². The van der Waals surface area contributed by atoms with Gasteiger partial charge in [-0.05, 0) is 20.3 Å². The van der Waals surface area contributed by atoms with Gasteiger partial charge in [0.1, 0.15) is 0 Å². The van der Waals surface area contributed by atoms with Crippen LogP contribution >= 0.6 is 15.9 Å². The highest BCUT2D eigenvalue weighted by atomic mass is 79.9. The van der Waals surface area contributed by atoms with Gasteiger partial charge in [-0.25, -0.2) is 0 Å². The Kier molecular flexibility index (Phi) is 4.59. The quantitative estimate of drug-likeness (QED) is 0.906. The second kappa shape index (κ2) is 6.05. The molecule has 6 nitrogen and oxygen atoms in total. The van der Waals surface area contributed by atoms with Crippen molar-refractivity contribution in [3.8, 4) is 0 Å². The van der Waals surface area contributed by atoms with Crippen LogP contribution in [0.25, 0.3) is 0 Å². The summed E-state index contributed by atoms with van der Waals surface area (Å²) < 4.78 is 1.26. The number of halogens is 1. The molecule has 0 aliphatic carbocycles. The van der Waals surface area contributed by atoms with Gasteiger partial charge in [-0.1, -0.05) is 21.5 Å². The summed E-state index contributed by atoms with van der Waals surface area (Å²) in [5.74, 6) is 1.59. The Morgan fingerprint density at radius 1 is 1.30 bits per heavy atom. The number of nitrogens with zero attached hydrogens (tertiary/aromatic N) is 5. The number of nitrogens with two attached hydrogens (primary N) is 1. The van der Waals surface area contributed by atoms with Crippen molar-refractivity contribution in [2.24, 2.45) is 0 Å². The summed E-state index contributed by atoms with van der Waals surface area (Å²) >= 11 is 3.64. The van der Waals surface area contributed by atoms with Crippen molar-refractivity contribution in [2.45, 2.75) is 26.3 Å². The second-order valence-corrected chi connectivity index (χ2v) is 6.29. The van der Waals surface area contributed by atoms with Crippen molar-refractivity contribution in [1.29, 1.82) is 0 Å². The van der Waals surface area contributed by atoms with E-state index in [-0.39, 0.29) is 12.0 Å². The smallest absolute Gasteiger partial charge is 0.229 e. The van der Waals surface area contributed by atoms with Gasteiger partial charge in [-0.3, -0.25) is 4.90 Å². The summed E-state index contributed by atoms with van der Waals surface area (Å²) in [5, 5.41) is 0. The number of aromatic nitrogens is 3. The van der Waals surface area contributed by atoms with Crippen LogP contribution in [0.4, 0.5) is 11.9 Å². The third-order valence-electron chi connectivity index (χ3n) is 3.56. The molecule has 0 bridgehead atoms. The SMILES string of the molecule is CC1=C(Br)CN(C(C)c2nc(N)nc(N(C)C)n2)CC1. The van der Waals surface area contributed by atoms with E-state index in [0.717, 1.165) is 25.3 Å². The van der Waals surface area contributed by atoms with Crippen molar-refractivity contribution < 1.29 is 0 Å². The predicted molar refractivity (Wildman–Crippen MR) is 84.8 cm³/mol. The van der Waals surface area contributed by atoms with Crippen LogP contribution < -0.4 is 10.6 Å². The van der Waals surface area contributed by atoms with Crippen LogP contribution in [0.15, 0.2) is 10.1 Å². The predicted octanol–water partition coefficient (Wildman–Crippen LogP) is 1.96.